The van der Waals surface area contributed by atoms with E-state index >= 15 is 0 Å². The van der Waals surface area contributed by atoms with E-state index in [2.05, 4.69) is 0 Å². The van der Waals surface area contributed by atoms with Crippen LogP contribution < -0.4 is 11.5 Å². The molecule has 0 heterocycles. The van der Waals surface area contributed by atoms with Gasteiger partial charge in [-0.2, -0.15) is 0 Å². The van der Waals surface area contributed by atoms with Gasteiger partial charge in [0.25, 0.3) is 5.91 Å². The number of rotatable bonds is 4. The van der Waals surface area contributed by atoms with Gasteiger partial charge in [-0.15, -0.1) is 0 Å². The lowest BCUT2D eigenvalue weighted by atomic mass is 9.84. The summed E-state index contributed by atoms with van der Waals surface area (Å²) in [6.45, 7) is 0. The molecule has 0 atom stereocenters. The average Bonchev–Trinajstić information content (AvgIpc) is 2.79. The minimum Gasteiger partial charge on any atom is -0.478 e. The molecule has 0 aliphatic carbocycles. The Morgan fingerprint density at radius 1 is 0.583 bits per heavy atom. The zero-order chi connectivity index (χ0) is 26.4. The van der Waals surface area contributed by atoms with Crippen molar-refractivity contribution in [1.82, 2.24) is 0 Å². The Morgan fingerprint density at radius 2 is 1.14 bits per heavy atom. The Morgan fingerprint density at radius 3 is 1.67 bits per heavy atom. The van der Waals surface area contributed by atoms with Crippen LogP contribution in [0.4, 0.5) is 0 Å². The second-order valence-corrected chi connectivity index (χ2v) is 9.51. The third-order valence-electron chi connectivity index (χ3n) is 6.14. The van der Waals surface area contributed by atoms with Crippen LogP contribution in [0.1, 0.15) is 41.4 Å². The highest BCUT2D eigenvalue weighted by Crippen LogP contribution is 2.52. The molecule has 0 aliphatic heterocycles. The van der Waals surface area contributed by atoms with Gasteiger partial charge in [0.1, 0.15) is 0 Å². The van der Waals surface area contributed by atoms with Crippen molar-refractivity contribution in [3.8, 4) is 0 Å². The van der Waals surface area contributed by atoms with Gasteiger partial charge in [-0.3, -0.25) is 9.59 Å². The Bertz CT molecular complexity index is 1900. The molecule has 0 spiro atoms. The molecule has 0 saturated carbocycles. The molecule has 0 aliphatic rings. The molecule has 2 amide bonds. The van der Waals surface area contributed by atoms with Gasteiger partial charge in [0.15, 0.2) is 0 Å². The molecular formula is C24H10Cl4N2O6. The predicted octanol–water partition coefficient (Wildman–Crippen LogP) is 5.95. The van der Waals surface area contributed by atoms with Crippen molar-refractivity contribution in [2.45, 2.75) is 0 Å². The molecule has 0 unspecified atom stereocenters. The Balaban J connectivity index is 2.32. The summed E-state index contributed by atoms with van der Waals surface area (Å²) in [5.41, 5.74) is 10.1. The second kappa shape index (κ2) is 7.97. The molecule has 0 bridgehead atoms. The van der Waals surface area contributed by atoms with E-state index in [1.807, 2.05) is 0 Å². The summed E-state index contributed by atoms with van der Waals surface area (Å²) >= 11 is 26.3. The highest BCUT2D eigenvalue weighted by Gasteiger charge is 2.30. The second-order valence-electron chi connectivity index (χ2n) is 7.94. The molecule has 0 radical (unpaired) electrons. The van der Waals surface area contributed by atoms with Crippen LogP contribution in [0.25, 0.3) is 43.1 Å². The first-order valence-electron chi connectivity index (χ1n) is 9.91. The molecule has 6 N–H and O–H groups in total. The minimum atomic E-state index is -1.41. The maximum Gasteiger partial charge on any atom is 0.336 e. The van der Waals surface area contributed by atoms with Gasteiger partial charge < -0.3 is 21.7 Å². The number of carbonyl (C=O) groups excluding carboxylic acids is 2. The summed E-state index contributed by atoms with van der Waals surface area (Å²) in [7, 11) is 0. The molecule has 8 nitrogen and oxygen atoms in total. The number of primary amides is 2. The molecule has 5 aromatic rings. The van der Waals surface area contributed by atoms with E-state index in [-0.39, 0.29) is 85.4 Å². The number of carboxylic acids is 2. The van der Waals surface area contributed by atoms with E-state index in [1.165, 1.54) is 18.2 Å². The van der Waals surface area contributed by atoms with E-state index < -0.39 is 23.8 Å². The largest absolute Gasteiger partial charge is 0.478 e. The van der Waals surface area contributed by atoms with Crippen LogP contribution in [-0.2, 0) is 0 Å². The van der Waals surface area contributed by atoms with Crippen molar-refractivity contribution < 1.29 is 29.4 Å². The fourth-order valence-electron chi connectivity index (χ4n) is 4.85. The number of hydrogen-bond acceptors (Lipinski definition) is 4. The number of aromatic carboxylic acids is 2. The SMILES string of the molecule is NC(=O)c1cc(Cl)c2c3c(Cl)cc(C(=O)O)c4c(C(=O)O)ccc(c5c(Cl)c(Cl)c(C(N)=O)c1c52)c43. The predicted molar refractivity (Wildman–Crippen MR) is 139 cm³/mol. The lowest BCUT2D eigenvalue weighted by molar-refractivity contribution is 0.0695. The zero-order valence-corrected chi connectivity index (χ0v) is 20.5. The number of nitrogens with two attached hydrogens (primary N) is 2. The number of carbonyl (C=O) groups is 4. The van der Waals surface area contributed by atoms with Gasteiger partial charge in [-0.1, -0.05) is 52.5 Å². The van der Waals surface area contributed by atoms with E-state index in [0.29, 0.717) is 0 Å². The van der Waals surface area contributed by atoms with Gasteiger partial charge in [-0.25, -0.2) is 9.59 Å². The van der Waals surface area contributed by atoms with E-state index in [4.69, 9.17) is 57.9 Å². The molecular weight excluding hydrogens is 554 g/mol. The molecule has 5 aromatic carbocycles. The summed E-state index contributed by atoms with van der Waals surface area (Å²) in [6, 6.07) is 4.94. The van der Waals surface area contributed by atoms with Crippen LogP contribution in [0.5, 0.6) is 0 Å². The first-order chi connectivity index (χ1) is 16.9. The van der Waals surface area contributed by atoms with Crippen molar-refractivity contribution in [3.63, 3.8) is 0 Å². The minimum absolute atomic E-state index is 0.0155. The van der Waals surface area contributed by atoms with E-state index in [1.54, 1.807) is 0 Å². The van der Waals surface area contributed by atoms with E-state index in [0.717, 1.165) is 6.07 Å². The molecule has 0 fully saturated rings. The number of carboxylic acid groups (broad SMARTS) is 2. The van der Waals surface area contributed by atoms with E-state index in [9.17, 15) is 29.4 Å². The smallest absolute Gasteiger partial charge is 0.336 e. The number of fused-ring (bicyclic) bond motifs is 2. The monoisotopic (exact) mass is 562 g/mol. The molecule has 36 heavy (non-hydrogen) atoms. The number of benzene rings is 5. The highest BCUT2D eigenvalue weighted by atomic mass is 35.5. The topological polar surface area (TPSA) is 161 Å². The lowest BCUT2D eigenvalue weighted by Gasteiger charge is -2.22. The fourth-order valence-corrected chi connectivity index (χ4v) is 6.02. The van der Waals surface area contributed by atoms with Crippen molar-refractivity contribution in [3.05, 3.63) is 66.6 Å². The van der Waals surface area contributed by atoms with Crippen LogP contribution >= 0.6 is 46.4 Å². The maximum atomic E-state index is 12.5. The van der Waals surface area contributed by atoms with Crippen LogP contribution in [0.3, 0.4) is 0 Å². The Hall–Kier alpha value is -3.56. The zero-order valence-electron chi connectivity index (χ0n) is 17.5. The summed E-state index contributed by atoms with van der Waals surface area (Å²) in [5, 5.41) is 20.1. The average molecular weight is 564 g/mol. The highest BCUT2D eigenvalue weighted by molar-refractivity contribution is 6.56. The third-order valence-corrected chi connectivity index (χ3v) is 7.59. The van der Waals surface area contributed by atoms with Crippen molar-refractivity contribution in [2.24, 2.45) is 11.5 Å². The van der Waals surface area contributed by atoms with Crippen molar-refractivity contribution in [1.29, 1.82) is 0 Å². The van der Waals surface area contributed by atoms with Crippen LogP contribution in [0.2, 0.25) is 20.1 Å². The molecule has 0 saturated heterocycles. The van der Waals surface area contributed by atoms with Gasteiger partial charge in [0, 0.05) is 53.3 Å². The van der Waals surface area contributed by atoms with Crippen molar-refractivity contribution in [2.75, 3.05) is 0 Å². The third kappa shape index (κ3) is 3.02. The van der Waals surface area contributed by atoms with Crippen LogP contribution in [0.15, 0.2) is 24.3 Å². The molecule has 5 rings (SSSR count). The Labute approximate surface area is 220 Å². The molecule has 0 aromatic heterocycles. The lowest BCUT2D eigenvalue weighted by Crippen LogP contribution is -2.17. The van der Waals surface area contributed by atoms with Gasteiger partial charge >= 0.3 is 11.9 Å². The molecule has 12 heteroatoms. The van der Waals surface area contributed by atoms with Crippen LogP contribution in [0, 0.1) is 0 Å². The van der Waals surface area contributed by atoms with Crippen molar-refractivity contribution >= 4 is 113 Å². The quantitative estimate of drug-likeness (QED) is 0.156. The first kappa shape index (κ1) is 24.1. The number of hydrogen-bond donors (Lipinski definition) is 4. The van der Waals surface area contributed by atoms with Gasteiger partial charge in [-0.05, 0) is 23.6 Å². The first-order valence-corrected chi connectivity index (χ1v) is 11.4. The maximum absolute atomic E-state index is 12.5. The molecule has 180 valence electrons. The number of halogens is 4. The van der Waals surface area contributed by atoms with Gasteiger partial charge in [0.05, 0.1) is 26.7 Å². The standard InChI is InChI=1S/C24H10Cl4N2O6/c25-9-3-7(21(29)31)13-17-14(19(27)20(28)18(13)22(30)32)5-1-2-6(23(33)34)11-8(24(35)36)4-10(26)15(12(5)11)16(9)17/h1-4H,(H2,29,31)(H2,30,32)(H,33,34)(H,35,36). The number of amides is 2. The summed E-state index contributed by atoms with van der Waals surface area (Å²) < 4.78 is 0. The summed E-state index contributed by atoms with van der Waals surface area (Å²) in [5.74, 6) is -4.72. The normalized spacial score (nSPS) is 11.7. The Kier molecular flexibility index (Phi) is 5.35. The summed E-state index contributed by atoms with van der Waals surface area (Å²) in [6.07, 6.45) is 0. The van der Waals surface area contributed by atoms with Gasteiger partial charge in [0.2, 0.25) is 5.91 Å². The fraction of sp³-hybridized carbons (Fsp3) is 0. The van der Waals surface area contributed by atoms with Crippen LogP contribution in [-0.4, -0.2) is 34.0 Å². The summed E-state index contributed by atoms with van der Waals surface area (Å²) in [4.78, 5) is 49.0.